The summed E-state index contributed by atoms with van der Waals surface area (Å²) in [4.78, 5) is 11.3. The molecule has 1 rings (SSSR count). The van der Waals surface area contributed by atoms with Gasteiger partial charge in [0.1, 0.15) is 0 Å². The molecule has 0 aliphatic heterocycles. The van der Waals surface area contributed by atoms with Crippen molar-refractivity contribution in [2.24, 2.45) is 10.8 Å². The number of hydrogen-bond acceptors (Lipinski definition) is 1. The van der Waals surface area contributed by atoms with Gasteiger partial charge in [-0.25, -0.2) is 0 Å². The Balaban J connectivity index is 2.76. The van der Waals surface area contributed by atoms with Crippen molar-refractivity contribution in [3.8, 4) is 0 Å². The van der Waals surface area contributed by atoms with Crippen LogP contribution in [0.1, 0.15) is 101 Å². The van der Waals surface area contributed by atoms with Crippen LogP contribution in [0, 0.1) is 31.6 Å². The maximum atomic E-state index is 11.3. The average molecular weight is 375 g/mol. The Morgan fingerprint density at radius 1 is 0.852 bits per heavy atom. The summed E-state index contributed by atoms with van der Waals surface area (Å²) in [6.45, 7) is 17.3. The van der Waals surface area contributed by atoms with Crippen molar-refractivity contribution in [1.82, 2.24) is 0 Å². The van der Waals surface area contributed by atoms with E-state index < -0.39 is 11.4 Å². The van der Waals surface area contributed by atoms with Gasteiger partial charge in [0.05, 0.1) is 5.41 Å². The van der Waals surface area contributed by atoms with Crippen LogP contribution < -0.4 is 0 Å². The lowest BCUT2D eigenvalue weighted by molar-refractivity contribution is -0.147. The number of aliphatic carboxylic acids is 1. The normalized spacial score (nSPS) is 12.4. The molecular weight excluding hydrogens is 332 g/mol. The smallest absolute Gasteiger partial charge is 0.309 e. The number of benzene rings is 1. The zero-order valence-corrected chi connectivity index (χ0v) is 19.1. The zero-order chi connectivity index (χ0) is 20.8. The highest BCUT2D eigenvalue weighted by Crippen LogP contribution is 2.29. The van der Waals surface area contributed by atoms with E-state index in [2.05, 4.69) is 47.6 Å². The molecular formula is C25H42O2. The summed E-state index contributed by atoms with van der Waals surface area (Å²) in [5.41, 5.74) is 7.08. The lowest BCUT2D eigenvalue weighted by Gasteiger charge is -2.21. The molecule has 154 valence electrons. The highest BCUT2D eigenvalue weighted by atomic mass is 16.4. The Labute approximate surface area is 167 Å². The molecule has 0 saturated heterocycles. The summed E-state index contributed by atoms with van der Waals surface area (Å²) >= 11 is 0. The summed E-state index contributed by atoms with van der Waals surface area (Å²) < 4.78 is 0. The summed E-state index contributed by atoms with van der Waals surface area (Å²) in [5, 5.41) is 9.29. The Bertz CT molecular complexity index is 633. The molecule has 1 aromatic rings. The highest BCUT2D eigenvalue weighted by Gasteiger charge is 2.26. The summed E-state index contributed by atoms with van der Waals surface area (Å²) in [6.07, 6.45) is 8.80. The molecule has 1 aromatic carbocycles. The van der Waals surface area contributed by atoms with E-state index in [0.717, 1.165) is 32.1 Å². The molecule has 0 aromatic heterocycles. The van der Waals surface area contributed by atoms with Gasteiger partial charge in [-0.15, -0.1) is 0 Å². The van der Waals surface area contributed by atoms with Crippen LogP contribution in [0.15, 0.2) is 6.07 Å². The summed E-state index contributed by atoms with van der Waals surface area (Å²) in [6, 6.07) is 2.40. The molecule has 0 fully saturated rings. The molecule has 1 N–H and O–H groups in total. The lowest BCUT2D eigenvalue weighted by atomic mass is 9.84. The van der Waals surface area contributed by atoms with Gasteiger partial charge in [0.2, 0.25) is 0 Å². The molecule has 27 heavy (non-hydrogen) atoms. The largest absolute Gasteiger partial charge is 0.481 e. The van der Waals surface area contributed by atoms with Crippen LogP contribution in [-0.4, -0.2) is 11.1 Å². The number of aryl methyl sites for hydroxylation is 2. The van der Waals surface area contributed by atoms with Crippen LogP contribution in [0.25, 0.3) is 0 Å². The van der Waals surface area contributed by atoms with Crippen LogP contribution in [0.5, 0.6) is 0 Å². The minimum atomic E-state index is -0.690. The van der Waals surface area contributed by atoms with E-state index in [0.29, 0.717) is 5.41 Å². The van der Waals surface area contributed by atoms with Gasteiger partial charge >= 0.3 is 5.97 Å². The Morgan fingerprint density at radius 2 is 1.41 bits per heavy atom. The molecule has 0 saturated carbocycles. The van der Waals surface area contributed by atoms with Crippen molar-refractivity contribution < 1.29 is 9.90 Å². The van der Waals surface area contributed by atoms with Gasteiger partial charge < -0.3 is 5.11 Å². The van der Waals surface area contributed by atoms with Gasteiger partial charge in [-0.1, -0.05) is 39.7 Å². The molecule has 2 heteroatoms. The third kappa shape index (κ3) is 7.68. The van der Waals surface area contributed by atoms with Crippen LogP contribution in [0.4, 0.5) is 0 Å². The minimum absolute atomic E-state index is 0.416. The van der Waals surface area contributed by atoms with Crippen LogP contribution >= 0.6 is 0 Å². The fraction of sp³-hybridized carbons (Fsp3) is 0.720. The standard InChI is InChI=1S/C25H42O2/c1-18-17-21(13-9-11-15-24(4,5)6)22(20(3)19(18)2)14-10-12-16-25(7,8)23(26)27/h17H,9-16H2,1-8H3,(H,26,27). The molecule has 0 amide bonds. The van der Waals surface area contributed by atoms with E-state index >= 15 is 0 Å². The second kappa shape index (κ2) is 9.75. The van der Waals surface area contributed by atoms with Crippen molar-refractivity contribution in [2.75, 3.05) is 0 Å². The van der Waals surface area contributed by atoms with Gasteiger partial charge in [-0.3, -0.25) is 4.79 Å². The van der Waals surface area contributed by atoms with Gasteiger partial charge in [0, 0.05) is 0 Å². The first-order valence-electron chi connectivity index (χ1n) is 10.7. The van der Waals surface area contributed by atoms with E-state index in [1.807, 2.05) is 13.8 Å². The zero-order valence-electron chi connectivity index (χ0n) is 19.1. The van der Waals surface area contributed by atoms with Gasteiger partial charge in [0.25, 0.3) is 0 Å². The van der Waals surface area contributed by atoms with Gasteiger partial charge in [-0.2, -0.15) is 0 Å². The fourth-order valence-corrected chi connectivity index (χ4v) is 3.74. The van der Waals surface area contributed by atoms with Crippen LogP contribution in [0.2, 0.25) is 0 Å². The first-order chi connectivity index (χ1) is 12.3. The molecule has 0 heterocycles. The van der Waals surface area contributed by atoms with Crippen molar-refractivity contribution in [2.45, 2.75) is 107 Å². The Morgan fingerprint density at radius 3 is 1.96 bits per heavy atom. The van der Waals surface area contributed by atoms with E-state index in [1.54, 1.807) is 0 Å². The van der Waals surface area contributed by atoms with E-state index in [1.165, 1.54) is 47.1 Å². The average Bonchev–Trinajstić information content (AvgIpc) is 2.54. The predicted octanol–water partition coefficient (Wildman–Crippen LogP) is 7.19. The summed E-state index contributed by atoms with van der Waals surface area (Å²) in [5.74, 6) is -0.690. The van der Waals surface area contributed by atoms with Crippen molar-refractivity contribution in [1.29, 1.82) is 0 Å². The Kier molecular flexibility index (Phi) is 8.57. The third-order valence-electron chi connectivity index (χ3n) is 6.07. The number of hydrogen-bond donors (Lipinski definition) is 1. The number of carbonyl (C=O) groups is 1. The van der Waals surface area contributed by atoms with Crippen LogP contribution in [-0.2, 0) is 17.6 Å². The first-order valence-corrected chi connectivity index (χ1v) is 10.7. The molecule has 0 aliphatic carbocycles. The first kappa shape index (κ1) is 23.7. The van der Waals surface area contributed by atoms with Crippen molar-refractivity contribution in [3.05, 3.63) is 33.9 Å². The molecule has 2 nitrogen and oxygen atoms in total. The van der Waals surface area contributed by atoms with Gasteiger partial charge in [0.15, 0.2) is 0 Å². The number of carboxylic acids is 1. The van der Waals surface area contributed by atoms with E-state index in [4.69, 9.17) is 0 Å². The highest BCUT2D eigenvalue weighted by molar-refractivity contribution is 5.73. The fourth-order valence-electron chi connectivity index (χ4n) is 3.74. The molecule has 0 radical (unpaired) electrons. The van der Waals surface area contributed by atoms with Crippen molar-refractivity contribution >= 4 is 5.97 Å². The second-order valence-electron chi connectivity index (χ2n) is 10.2. The topological polar surface area (TPSA) is 37.3 Å². The SMILES string of the molecule is Cc1cc(CCCCC(C)(C)C)c(CCCCC(C)(C)C(=O)O)c(C)c1C. The number of carboxylic acid groups (broad SMARTS) is 1. The lowest BCUT2D eigenvalue weighted by Crippen LogP contribution is -2.23. The monoisotopic (exact) mass is 374 g/mol. The second-order valence-corrected chi connectivity index (χ2v) is 10.2. The molecule has 0 atom stereocenters. The minimum Gasteiger partial charge on any atom is -0.481 e. The molecule has 0 aliphatic rings. The van der Waals surface area contributed by atoms with Crippen molar-refractivity contribution in [3.63, 3.8) is 0 Å². The maximum Gasteiger partial charge on any atom is 0.309 e. The Hall–Kier alpha value is -1.31. The number of unbranched alkanes of at least 4 members (excludes halogenated alkanes) is 2. The van der Waals surface area contributed by atoms with E-state index in [-0.39, 0.29) is 0 Å². The maximum absolute atomic E-state index is 11.3. The molecule has 0 unspecified atom stereocenters. The predicted molar refractivity (Wildman–Crippen MR) is 117 cm³/mol. The van der Waals surface area contributed by atoms with Crippen LogP contribution in [0.3, 0.4) is 0 Å². The quantitative estimate of drug-likeness (QED) is 0.440. The van der Waals surface area contributed by atoms with Gasteiger partial charge in [-0.05, 0) is 106 Å². The molecule has 0 spiro atoms. The third-order valence-corrected chi connectivity index (χ3v) is 6.07. The summed E-state index contributed by atoms with van der Waals surface area (Å²) in [7, 11) is 0. The molecule has 0 bridgehead atoms. The van der Waals surface area contributed by atoms with E-state index in [9.17, 15) is 9.90 Å². The number of rotatable bonds is 10.